The monoisotopic (exact) mass is 676 g/mol. The maximum absolute atomic E-state index is 5.12. The van der Waals surface area contributed by atoms with Crippen molar-refractivity contribution in [2.24, 2.45) is 0 Å². The Kier molecular flexibility index (Phi) is 6.61. The van der Waals surface area contributed by atoms with Gasteiger partial charge in [0.15, 0.2) is 0 Å². The minimum Gasteiger partial charge on any atom is -0.310 e. The molecule has 10 rings (SSSR count). The van der Waals surface area contributed by atoms with Crippen LogP contribution in [-0.4, -0.2) is 4.98 Å². The summed E-state index contributed by atoms with van der Waals surface area (Å²) in [6, 6.07) is 57.6. The Morgan fingerprint density at radius 3 is 2.04 bits per heavy atom. The highest BCUT2D eigenvalue weighted by Crippen LogP contribution is 2.51. The normalized spacial score (nSPS) is 13.2. The van der Waals surface area contributed by atoms with Crippen molar-refractivity contribution in [2.75, 3.05) is 4.90 Å². The third-order valence-electron chi connectivity index (χ3n) is 10.3. The summed E-state index contributed by atoms with van der Waals surface area (Å²) in [4.78, 5) is 7.51. The highest BCUT2D eigenvalue weighted by Gasteiger charge is 2.35. The van der Waals surface area contributed by atoms with Crippen molar-refractivity contribution >= 4 is 70.1 Å². The summed E-state index contributed by atoms with van der Waals surface area (Å²) in [6.07, 6.45) is 0. The van der Waals surface area contributed by atoms with Gasteiger partial charge >= 0.3 is 0 Å². The predicted octanol–water partition coefficient (Wildman–Crippen LogP) is 13.8. The minimum atomic E-state index is -0.0934. The Morgan fingerprint density at radius 2 is 1.16 bits per heavy atom. The summed E-state index contributed by atoms with van der Waals surface area (Å²) in [5, 5.41) is 3.69. The number of hydrogen-bond donors (Lipinski definition) is 0. The number of benzene rings is 7. The smallest absolute Gasteiger partial charge is 0.124 e. The topological polar surface area (TPSA) is 16.1 Å². The molecule has 0 aliphatic heterocycles. The van der Waals surface area contributed by atoms with Gasteiger partial charge in [0.2, 0.25) is 0 Å². The third kappa shape index (κ3) is 4.56. The molecule has 238 valence electrons. The number of rotatable bonds is 5. The SMILES string of the molecule is CC1(C)c2ccccc2-c2ccc(N(c3ccc(-c4cccc5c4sc4ccccc45)cc3)c3ccc4sc(-c5ccccc5)nc4c3)cc21. The molecule has 0 fully saturated rings. The lowest BCUT2D eigenvalue weighted by Gasteiger charge is -2.28. The summed E-state index contributed by atoms with van der Waals surface area (Å²) in [5.74, 6) is 0. The van der Waals surface area contributed by atoms with E-state index in [1.807, 2.05) is 11.3 Å². The van der Waals surface area contributed by atoms with Crippen molar-refractivity contribution in [1.29, 1.82) is 0 Å². The first kappa shape index (κ1) is 29.4. The van der Waals surface area contributed by atoms with Crippen LogP contribution in [0.25, 0.3) is 63.2 Å². The lowest BCUT2D eigenvalue weighted by molar-refractivity contribution is 0.660. The molecule has 0 radical (unpaired) electrons. The second kappa shape index (κ2) is 11.2. The fourth-order valence-electron chi connectivity index (χ4n) is 7.80. The van der Waals surface area contributed by atoms with Gasteiger partial charge in [-0.25, -0.2) is 4.98 Å². The molecule has 0 bridgehead atoms. The van der Waals surface area contributed by atoms with E-state index < -0.39 is 0 Å². The molecule has 2 nitrogen and oxygen atoms in total. The lowest BCUT2D eigenvalue weighted by Crippen LogP contribution is -2.16. The van der Waals surface area contributed by atoms with Crippen molar-refractivity contribution < 1.29 is 0 Å². The highest BCUT2D eigenvalue weighted by atomic mass is 32.1. The molecule has 7 aromatic carbocycles. The summed E-state index contributed by atoms with van der Waals surface area (Å²) >= 11 is 3.62. The first-order valence-corrected chi connectivity index (χ1v) is 18.7. The summed E-state index contributed by atoms with van der Waals surface area (Å²) in [5.41, 5.74) is 13.3. The van der Waals surface area contributed by atoms with Crippen molar-refractivity contribution in [2.45, 2.75) is 19.3 Å². The number of aromatic nitrogens is 1. The molecule has 2 heterocycles. The minimum absolute atomic E-state index is 0.0934. The van der Waals surface area contributed by atoms with Crippen LogP contribution in [0.5, 0.6) is 0 Å². The summed E-state index contributed by atoms with van der Waals surface area (Å²) in [7, 11) is 0. The van der Waals surface area contributed by atoms with Gasteiger partial charge in [-0.15, -0.1) is 22.7 Å². The van der Waals surface area contributed by atoms with E-state index in [-0.39, 0.29) is 5.41 Å². The van der Waals surface area contributed by atoms with Crippen LogP contribution in [0.15, 0.2) is 158 Å². The molecule has 0 atom stereocenters. The zero-order valence-corrected chi connectivity index (χ0v) is 29.4. The summed E-state index contributed by atoms with van der Waals surface area (Å²) < 4.78 is 3.85. The van der Waals surface area contributed by atoms with E-state index in [2.05, 4.69) is 176 Å². The second-order valence-electron chi connectivity index (χ2n) is 13.6. The van der Waals surface area contributed by atoms with Crippen LogP contribution >= 0.6 is 22.7 Å². The first-order chi connectivity index (χ1) is 24.5. The van der Waals surface area contributed by atoms with E-state index in [0.29, 0.717) is 0 Å². The molecule has 4 heteroatoms. The molecular weight excluding hydrogens is 645 g/mol. The summed E-state index contributed by atoms with van der Waals surface area (Å²) in [6.45, 7) is 4.70. The lowest BCUT2D eigenvalue weighted by atomic mass is 9.82. The average molecular weight is 677 g/mol. The zero-order chi connectivity index (χ0) is 33.4. The predicted molar refractivity (Wildman–Crippen MR) is 216 cm³/mol. The van der Waals surface area contributed by atoms with Gasteiger partial charge in [-0.05, 0) is 81.9 Å². The Hall–Kier alpha value is -5.55. The fourth-order valence-corrected chi connectivity index (χ4v) is 9.99. The van der Waals surface area contributed by atoms with E-state index in [1.54, 1.807) is 11.3 Å². The molecule has 0 unspecified atom stereocenters. The highest BCUT2D eigenvalue weighted by molar-refractivity contribution is 7.26. The molecule has 0 saturated carbocycles. The van der Waals surface area contributed by atoms with Gasteiger partial charge in [-0.1, -0.05) is 123 Å². The van der Waals surface area contributed by atoms with Crippen molar-refractivity contribution in [1.82, 2.24) is 4.98 Å². The van der Waals surface area contributed by atoms with Gasteiger partial charge in [0.25, 0.3) is 0 Å². The molecule has 0 saturated heterocycles. The van der Waals surface area contributed by atoms with Crippen LogP contribution in [0.4, 0.5) is 17.1 Å². The molecule has 0 amide bonds. The van der Waals surface area contributed by atoms with Crippen LogP contribution in [-0.2, 0) is 5.41 Å². The molecule has 9 aromatic rings. The van der Waals surface area contributed by atoms with Gasteiger partial charge in [0.1, 0.15) is 5.01 Å². The first-order valence-electron chi connectivity index (χ1n) is 17.0. The molecule has 1 aliphatic rings. The maximum atomic E-state index is 5.12. The van der Waals surface area contributed by atoms with Crippen LogP contribution in [0.3, 0.4) is 0 Å². The largest absolute Gasteiger partial charge is 0.310 e. The van der Waals surface area contributed by atoms with Crippen LogP contribution in [0.1, 0.15) is 25.0 Å². The Balaban J connectivity index is 1.11. The van der Waals surface area contributed by atoms with E-state index in [0.717, 1.165) is 33.1 Å². The van der Waals surface area contributed by atoms with Crippen LogP contribution < -0.4 is 4.90 Å². The molecule has 50 heavy (non-hydrogen) atoms. The van der Waals surface area contributed by atoms with E-state index in [1.165, 1.54) is 58.3 Å². The van der Waals surface area contributed by atoms with E-state index >= 15 is 0 Å². The molecule has 0 spiro atoms. The average Bonchev–Trinajstić information content (AvgIpc) is 3.83. The third-order valence-corrected chi connectivity index (χ3v) is 12.6. The van der Waals surface area contributed by atoms with E-state index in [9.17, 15) is 0 Å². The maximum Gasteiger partial charge on any atom is 0.124 e. The van der Waals surface area contributed by atoms with Gasteiger partial charge < -0.3 is 4.90 Å². The van der Waals surface area contributed by atoms with Crippen LogP contribution in [0.2, 0.25) is 0 Å². The number of hydrogen-bond acceptors (Lipinski definition) is 4. The van der Waals surface area contributed by atoms with Gasteiger partial charge in [0, 0.05) is 48.2 Å². The van der Waals surface area contributed by atoms with Crippen molar-refractivity contribution in [3.05, 3.63) is 169 Å². The zero-order valence-electron chi connectivity index (χ0n) is 27.7. The standard InChI is InChI=1S/C46H32N2S2/c1-46(2)39-17-8-6-13-35(39)36-25-23-32(27-40(36)46)48(33-24-26-43-41(28-33)47-45(50-43)30-11-4-3-5-12-30)31-21-19-29(20-22-31)34-15-10-16-38-37-14-7-9-18-42(37)49-44(34)38/h3-28H,1-2H3. The van der Waals surface area contributed by atoms with Gasteiger partial charge in [0.05, 0.1) is 10.2 Å². The van der Waals surface area contributed by atoms with E-state index in [4.69, 9.17) is 4.98 Å². The quantitative estimate of drug-likeness (QED) is 0.180. The Morgan fingerprint density at radius 1 is 0.480 bits per heavy atom. The number of fused-ring (bicyclic) bond motifs is 7. The molecular formula is C46H32N2S2. The van der Waals surface area contributed by atoms with Crippen molar-refractivity contribution in [3.8, 4) is 32.8 Å². The number of nitrogens with zero attached hydrogens (tertiary/aromatic N) is 2. The fraction of sp³-hybridized carbons (Fsp3) is 0.0652. The number of anilines is 3. The molecule has 1 aliphatic carbocycles. The van der Waals surface area contributed by atoms with Crippen molar-refractivity contribution in [3.63, 3.8) is 0 Å². The number of thiophene rings is 1. The molecule has 2 aromatic heterocycles. The van der Waals surface area contributed by atoms with Gasteiger partial charge in [-0.3, -0.25) is 0 Å². The second-order valence-corrected chi connectivity index (χ2v) is 15.7. The Bertz CT molecular complexity index is 2730. The molecule has 0 N–H and O–H groups in total. The Labute approximate surface area is 299 Å². The van der Waals surface area contributed by atoms with Gasteiger partial charge in [-0.2, -0.15) is 0 Å². The van der Waals surface area contributed by atoms with Crippen LogP contribution in [0, 0.1) is 0 Å². The number of thiazole rings is 1.